The number of carbonyl (C=O) groups is 1. The van der Waals surface area contributed by atoms with E-state index >= 15 is 0 Å². The van der Waals surface area contributed by atoms with Crippen LogP contribution in [0, 0.1) is 5.92 Å². The normalized spacial score (nSPS) is 27.1. The number of phenolic OH excluding ortho intramolecular Hbond substituents is 1. The van der Waals surface area contributed by atoms with Crippen LogP contribution in [0.15, 0.2) is 29.3 Å². The molecule has 3 rings (SSSR count). The van der Waals surface area contributed by atoms with Crippen LogP contribution in [0.1, 0.15) is 18.0 Å². The second-order valence-corrected chi connectivity index (χ2v) is 4.48. The van der Waals surface area contributed by atoms with Gasteiger partial charge in [-0.3, -0.25) is 15.1 Å². The Morgan fingerprint density at radius 3 is 3.17 bits per heavy atom. The van der Waals surface area contributed by atoms with Crippen molar-refractivity contribution in [2.45, 2.75) is 12.5 Å². The number of nitrogens with zero attached hydrogens (tertiary/aromatic N) is 1. The van der Waals surface area contributed by atoms with Gasteiger partial charge in [-0.15, -0.1) is 0 Å². The van der Waals surface area contributed by atoms with Crippen molar-refractivity contribution in [3.05, 3.63) is 29.8 Å². The Bertz CT molecular complexity index is 513. The Balaban J connectivity index is 1.97. The smallest absolute Gasteiger partial charge is 0.316 e. The van der Waals surface area contributed by atoms with E-state index in [9.17, 15) is 9.90 Å². The summed E-state index contributed by atoms with van der Waals surface area (Å²) in [5.74, 6) is -0.405. The Hall–Kier alpha value is -1.88. The van der Waals surface area contributed by atoms with Gasteiger partial charge in [0.25, 0.3) is 0 Å². The van der Waals surface area contributed by atoms with Crippen LogP contribution in [0.5, 0.6) is 5.75 Å². The van der Waals surface area contributed by atoms with Gasteiger partial charge in [0.1, 0.15) is 11.7 Å². The second-order valence-electron chi connectivity index (χ2n) is 4.48. The molecule has 5 nitrogen and oxygen atoms in total. The number of aliphatic imine (C=N–C) groups is 1. The first-order valence-electron chi connectivity index (χ1n) is 5.98. The minimum absolute atomic E-state index is 0.169. The van der Waals surface area contributed by atoms with E-state index in [0.717, 1.165) is 11.3 Å². The molecule has 2 N–H and O–H groups in total. The number of benzene rings is 1. The molecule has 0 bridgehead atoms. The van der Waals surface area contributed by atoms with Crippen molar-refractivity contribution in [1.82, 2.24) is 5.32 Å². The Kier molecular flexibility index (Phi) is 2.76. The SMILES string of the molecule is O=C1OCCC2=NCNC(c3cccc(O)c3)C12. The Morgan fingerprint density at radius 2 is 2.33 bits per heavy atom. The predicted octanol–water partition coefficient (Wildman–Crippen LogP) is 0.998. The highest BCUT2D eigenvalue weighted by Crippen LogP contribution is 2.31. The molecule has 0 radical (unpaired) electrons. The third-order valence-electron chi connectivity index (χ3n) is 3.37. The standard InChI is InChI=1S/C13H14N2O3/c16-9-3-1-2-8(6-9)12-11-10(14-7-15-12)4-5-18-13(11)17/h1-3,6,11-12,15-16H,4-5,7H2. The summed E-state index contributed by atoms with van der Waals surface area (Å²) in [5, 5.41) is 12.7. The number of phenols is 1. The minimum atomic E-state index is -0.366. The fraction of sp³-hybridized carbons (Fsp3) is 0.385. The summed E-state index contributed by atoms with van der Waals surface area (Å²) < 4.78 is 5.11. The summed E-state index contributed by atoms with van der Waals surface area (Å²) >= 11 is 0. The molecule has 2 atom stereocenters. The van der Waals surface area contributed by atoms with E-state index in [1.165, 1.54) is 0 Å². The van der Waals surface area contributed by atoms with Crippen LogP contribution in [0.25, 0.3) is 0 Å². The van der Waals surface area contributed by atoms with Crippen molar-refractivity contribution in [1.29, 1.82) is 0 Å². The summed E-state index contributed by atoms with van der Waals surface area (Å²) in [6.45, 7) is 0.917. The van der Waals surface area contributed by atoms with Crippen LogP contribution in [-0.2, 0) is 9.53 Å². The topological polar surface area (TPSA) is 70.9 Å². The molecule has 2 aliphatic rings. The number of hydrogen-bond acceptors (Lipinski definition) is 5. The van der Waals surface area contributed by atoms with Gasteiger partial charge in [0.2, 0.25) is 0 Å². The summed E-state index contributed by atoms with van der Waals surface area (Å²) in [6, 6.07) is 6.77. The lowest BCUT2D eigenvalue weighted by atomic mass is 9.85. The van der Waals surface area contributed by atoms with Gasteiger partial charge in [0.05, 0.1) is 19.3 Å². The number of nitrogens with one attached hydrogen (secondary N) is 1. The maximum absolute atomic E-state index is 11.9. The zero-order valence-corrected chi connectivity index (χ0v) is 9.80. The maximum Gasteiger partial charge on any atom is 0.316 e. The molecule has 1 fully saturated rings. The lowest BCUT2D eigenvalue weighted by molar-refractivity contribution is -0.148. The number of hydrogen-bond donors (Lipinski definition) is 2. The van der Waals surface area contributed by atoms with E-state index in [1.807, 2.05) is 6.07 Å². The molecule has 94 valence electrons. The van der Waals surface area contributed by atoms with Gasteiger partial charge < -0.3 is 9.84 Å². The van der Waals surface area contributed by atoms with Crippen LogP contribution in [-0.4, -0.2) is 30.1 Å². The van der Waals surface area contributed by atoms with Crippen molar-refractivity contribution >= 4 is 11.7 Å². The molecule has 0 aromatic heterocycles. The first kappa shape index (κ1) is 11.2. The number of fused-ring (bicyclic) bond motifs is 1. The van der Waals surface area contributed by atoms with Gasteiger partial charge in [0.15, 0.2) is 0 Å². The quantitative estimate of drug-likeness (QED) is 0.725. The van der Waals surface area contributed by atoms with Crippen molar-refractivity contribution in [2.24, 2.45) is 10.9 Å². The minimum Gasteiger partial charge on any atom is -0.508 e. The second kappa shape index (κ2) is 4.42. The summed E-state index contributed by atoms with van der Waals surface area (Å²) in [5.41, 5.74) is 1.78. The van der Waals surface area contributed by atoms with Crippen LogP contribution in [0.4, 0.5) is 0 Å². The molecule has 0 amide bonds. The molecular formula is C13H14N2O3. The molecule has 0 saturated carbocycles. The van der Waals surface area contributed by atoms with E-state index in [1.54, 1.807) is 18.2 Å². The number of ether oxygens (including phenoxy) is 1. The molecule has 1 aromatic carbocycles. The summed E-state index contributed by atoms with van der Waals surface area (Å²) in [6.07, 6.45) is 0.702. The lowest BCUT2D eigenvalue weighted by Gasteiger charge is -2.34. The molecule has 1 saturated heterocycles. The average Bonchev–Trinajstić information content (AvgIpc) is 2.38. The van der Waals surface area contributed by atoms with E-state index < -0.39 is 0 Å². The fourth-order valence-corrected chi connectivity index (χ4v) is 2.54. The number of aromatic hydroxyl groups is 1. The van der Waals surface area contributed by atoms with Crippen molar-refractivity contribution in [3.63, 3.8) is 0 Å². The number of cyclic esters (lactones) is 1. The predicted molar refractivity (Wildman–Crippen MR) is 65.4 cm³/mol. The van der Waals surface area contributed by atoms with E-state index in [0.29, 0.717) is 19.7 Å². The van der Waals surface area contributed by atoms with Crippen LogP contribution in [0.3, 0.4) is 0 Å². The van der Waals surface area contributed by atoms with E-state index in [2.05, 4.69) is 10.3 Å². The van der Waals surface area contributed by atoms with Gasteiger partial charge in [-0.1, -0.05) is 12.1 Å². The van der Waals surface area contributed by atoms with Crippen molar-refractivity contribution < 1.29 is 14.6 Å². The Morgan fingerprint density at radius 1 is 1.44 bits per heavy atom. The van der Waals surface area contributed by atoms with Gasteiger partial charge in [-0.05, 0) is 17.7 Å². The zero-order chi connectivity index (χ0) is 12.5. The largest absolute Gasteiger partial charge is 0.508 e. The highest BCUT2D eigenvalue weighted by atomic mass is 16.5. The maximum atomic E-state index is 11.9. The van der Waals surface area contributed by atoms with E-state index in [-0.39, 0.29) is 23.7 Å². The summed E-state index contributed by atoms with van der Waals surface area (Å²) in [4.78, 5) is 16.2. The van der Waals surface area contributed by atoms with Crippen LogP contribution < -0.4 is 5.32 Å². The molecule has 2 aliphatic heterocycles. The molecule has 0 aliphatic carbocycles. The number of carbonyl (C=O) groups excluding carboxylic acids is 1. The highest BCUT2D eigenvalue weighted by molar-refractivity contribution is 6.05. The summed E-state index contributed by atoms with van der Waals surface area (Å²) in [7, 11) is 0. The lowest BCUT2D eigenvalue weighted by Crippen LogP contribution is -2.46. The Labute approximate surface area is 104 Å². The molecule has 5 heteroatoms. The molecule has 2 unspecified atom stereocenters. The zero-order valence-electron chi connectivity index (χ0n) is 9.80. The van der Waals surface area contributed by atoms with Gasteiger partial charge in [0, 0.05) is 12.1 Å². The third-order valence-corrected chi connectivity index (χ3v) is 3.37. The third kappa shape index (κ3) is 1.86. The molecule has 1 aromatic rings. The van der Waals surface area contributed by atoms with Gasteiger partial charge in [-0.25, -0.2) is 0 Å². The van der Waals surface area contributed by atoms with Crippen LogP contribution >= 0.6 is 0 Å². The molecular weight excluding hydrogens is 232 g/mol. The van der Waals surface area contributed by atoms with Gasteiger partial charge in [-0.2, -0.15) is 0 Å². The fourth-order valence-electron chi connectivity index (χ4n) is 2.54. The average molecular weight is 246 g/mol. The number of esters is 1. The van der Waals surface area contributed by atoms with Crippen LogP contribution in [0.2, 0.25) is 0 Å². The molecule has 2 heterocycles. The first-order chi connectivity index (χ1) is 8.75. The van der Waals surface area contributed by atoms with Crippen molar-refractivity contribution in [3.8, 4) is 5.75 Å². The molecule has 0 spiro atoms. The highest BCUT2D eigenvalue weighted by Gasteiger charge is 2.39. The van der Waals surface area contributed by atoms with Crippen molar-refractivity contribution in [2.75, 3.05) is 13.3 Å². The van der Waals surface area contributed by atoms with Gasteiger partial charge >= 0.3 is 5.97 Å². The number of rotatable bonds is 1. The first-order valence-corrected chi connectivity index (χ1v) is 5.98. The monoisotopic (exact) mass is 246 g/mol. The molecule has 18 heavy (non-hydrogen) atoms. The van der Waals surface area contributed by atoms with E-state index in [4.69, 9.17) is 4.74 Å².